The number of rotatable bonds is 10. The molecule has 0 spiro atoms. The summed E-state index contributed by atoms with van der Waals surface area (Å²) < 4.78 is 15.7. The minimum absolute atomic E-state index is 0.618. The maximum Gasteiger partial charge on any atom is 0.119 e. The van der Waals surface area contributed by atoms with E-state index in [1.807, 2.05) is 24.3 Å². The Labute approximate surface area is 109 Å². The molecule has 1 rings (SSSR count). The average molecular weight is 253 g/mol. The van der Waals surface area contributed by atoms with Crippen molar-refractivity contribution in [3.63, 3.8) is 0 Å². The highest BCUT2D eigenvalue weighted by Gasteiger charge is 1.96. The van der Waals surface area contributed by atoms with Crippen molar-refractivity contribution in [2.75, 3.05) is 40.5 Å². The van der Waals surface area contributed by atoms with E-state index in [9.17, 15) is 0 Å². The molecule has 1 N–H and O–H groups in total. The van der Waals surface area contributed by atoms with E-state index in [-0.39, 0.29) is 0 Å². The first-order chi connectivity index (χ1) is 8.86. The molecule has 1 aromatic carbocycles. The lowest BCUT2D eigenvalue weighted by atomic mass is 10.2. The van der Waals surface area contributed by atoms with Crippen LogP contribution >= 0.6 is 0 Å². The summed E-state index contributed by atoms with van der Waals surface area (Å²) in [6.07, 6.45) is 1.03. The van der Waals surface area contributed by atoms with Gasteiger partial charge in [-0.05, 0) is 30.7 Å². The van der Waals surface area contributed by atoms with Crippen molar-refractivity contribution < 1.29 is 14.2 Å². The smallest absolute Gasteiger partial charge is 0.119 e. The van der Waals surface area contributed by atoms with Gasteiger partial charge in [-0.15, -0.1) is 0 Å². The average Bonchev–Trinajstić information content (AvgIpc) is 2.39. The van der Waals surface area contributed by atoms with Gasteiger partial charge in [0.1, 0.15) is 12.4 Å². The van der Waals surface area contributed by atoms with Gasteiger partial charge in [0.25, 0.3) is 0 Å². The number of nitrogens with one attached hydrogen (secondary N) is 1. The van der Waals surface area contributed by atoms with Crippen molar-refractivity contribution >= 4 is 0 Å². The molecule has 0 radical (unpaired) electrons. The molecule has 0 aliphatic carbocycles. The monoisotopic (exact) mass is 253 g/mol. The molecule has 0 saturated heterocycles. The third-order valence-corrected chi connectivity index (χ3v) is 2.46. The molecule has 0 unspecified atom stereocenters. The molecule has 0 aliphatic rings. The molecule has 18 heavy (non-hydrogen) atoms. The summed E-state index contributed by atoms with van der Waals surface area (Å²) in [5.74, 6) is 0.892. The molecule has 0 heterocycles. The molecule has 0 atom stereocenters. The Morgan fingerprint density at radius 3 is 2.72 bits per heavy atom. The Morgan fingerprint density at radius 2 is 1.94 bits per heavy atom. The van der Waals surface area contributed by atoms with Crippen molar-refractivity contribution in [3.8, 4) is 5.75 Å². The summed E-state index contributed by atoms with van der Waals surface area (Å²) in [4.78, 5) is 0. The van der Waals surface area contributed by atoms with Crippen molar-refractivity contribution in [1.29, 1.82) is 0 Å². The Kier molecular flexibility index (Phi) is 8.21. The normalized spacial score (nSPS) is 10.6. The summed E-state index contributed by atoms with van der Waals surface area (Å²) >= 11 is 0. The highest BCUT2D eigenvalue weighted by atomic mass is 16.5. The van der Waals surface area contributed by atoms with Crippen molar-refractivity contribution in [3.05, 3.63) is 29.8 Å². The van der Waals surface area contributed by atoms with Gasteiger partial charge in [-0.2, -0.15) is 0 Å². The standard InChI is InChI=1S/C14H23NO3/c1-16-9-4-7-15-8-10-18-14-6-3-5-13(11-14)12-17-2/h3,5-6,11,15H,4,7-10,12H2,1-2H3. The van der Waals surface area contributed by atoms with Gasteiger partial charge in [0.05, 0.1) is 6.61 Å². The molecule has 0 fully saturated rings. The van der Waals surface area contributed by atoms with Crippen LogP contribution < -0.4 is 10.1 Å². The van der Waals surface area contributed by atoms with Crippen LogP contribution in [0.4, 0.5) is 0 Å². The van der Waals surface area contributed by atoms with E-state index in [1.54, 1.807) is 14.2 Å². The third-order valence-electron chi connectivity index (χ3n) is 2.46. The van der Waals surface area contributed by atoms with Crippen molar-refractivity contribution in [2.24, 2.45) is 0 Å². The number of methoxy groups -OCH3 is 2. The van der Waals surface area contributed by atoms with Gasteiger partial charge in [0.2, 0.25) is 0 Å². The molecule has 102 valence electrons. The first kappa shape index (κ1) is 15.0. The minimum atomic E-state index is 0.618. The zero-order valence-electron chi connectivity index (χ0n) is 11.3. The van der Waals surface area contributed by atoms with Gasteiger partial charge in [-0.25, -0.2) is 0 Å². The van der Waals surface area contributed by atoms with Gasteiger partial charge in [0, 0.05) is 27.4 Å². The first-order valence-electron chi connectivity index (χ1n) is 6.27. The van der Waals surface area contributed by atoms with Crippen molar-refractivity contribution in [2.45, 2.75) is 13.0 Å². The second kappa shape index (κ2) is 9.88. The molecule has 0 bridgehead atoms. The van der Waals surface area contributed by atoms with E-state index in [4.69, 9.17) is 14.2 Å². The van der Waals surface area contributed by atoms with Gasteiger partial charge < -0.3 is 19.5 Å². The van der Waals surface area contributed by atoms with Crippen LogP contribution in [-0.2, 0) is 16.1 Å². The number of hydrogen-bond donors (Lipinski definition) is 1. The SMILES string of the molecule is COCCCNCCOc1cccc(COC)c1. The highest BCUT2D eigenvalue weighted by molar-refractivity contribution is 5.28. The molecule has 0 aliphatic heterocycles. The fourth-order valence-corrected chi connectivity index (χ4v) is 1.60. The predicted molar refractivity (Wildman–Crippen MR) is 72.0 cm³/mol. The number of hydrogen-bond acceptors (Lipinski definition) is 4. The second-order valence-corrected chi connectivity index (χ2v) is 4.03. The molecular weight excluding hydrogens is 230 g/mol. The van der Waals surface area contributed by atoms with E-state index < -0.39 is 0 Å². The lowest BCUT2D eigenvalue weighted by Gasteiger charge is -2.08. The summed E-state index contributed by atoms with van der Waals surface area (Å²) in [5.41, 5.74) is 1.13. The van der Waals surface area contributed by atoms with E-state index in [0.29, 0.717) is 13.2 Å². The largest absolute Gasteiger partial charge is 0.492 e. The Bertz CT molecular complexity index is 318. The van der Waals surface area contributed by atoms with Gasteiger partial charge in [-0.1, -0.05) is 12.1 Å². The van der Waals surface area contributed by atoms with Gasteiger partial charge in [-0.3, -0.25) is 0 Å². The van der Waals surface area contributed by atoms with E-state index in [1.165, 1.54) is 0 Å². The summed E-state index contributed by atoms with van der Waals surface area (Å²) in [6.45, 7) is 3.89. The van der Waals surface area contributed by atoms with Crippen LogP contribution in [0.5, 0.6) is 5.75 Å². The second-order valence-electron chi connectivity index (χ2n) is 4.03. The van der Waals surface area contributed by atoms with Crippen LogP contribution in [0.1, 0.15) is 12.0 Å². The van der Waals surface area contributed by atoms with Crippen LogP contribution in [-0.4, -0.2) is 40.5 Å². The van der Waals surface area contributed by atoms with Crippen LogP contribution in [0, 0.1) is 0 Å². The Balaban J connectivity index is 2.13. The van der Waals surface area contributed by atoms with Crippen LogP contribution in [0.2, 0.25) is 0 Å². The molecule has 0 aromatic heterocycles. The summed E-state index contributed by atoms with van der Waals surface area (Å²) in [6, 6.07) is 7.98. The highest BCUT2D eigenvalue weighted by Crippen LogP contribution is 2.13. The quantitative estimate of drug-likeness (QED) is 0.646. The molecule has 0 saturated carbocycles. The lowest BCUT2D eigenvalue weighted by Crippen LogP contribution is -2.22. The number of ether oxygens (including phenoxy) is 3. The van der Waals surface area contributed by atoms with Crippen LogP contribution in [0.25, 0.3) is 0 Å². The molecule has 4 heteroatoms. The fraction of sp³-hybridized carbons (Fsp3) is 0.571. The van der Waals surface area contributed by atoms with E-state index in [0.717, 1.165) is 37.4 Å². The minimum Gasteiger partial charge on any atom is -0.492 e. The van der Waals surface area contributed by atoms with Gasteiger partial charge >= 0.3 is 0 Å². The fourth-order valence-electron chi connectivity index (χ4n) is 1.60. The van der Waals surface area contributed by atoms with Crippen LogP contribution in [0.3, 0.4) is 0 Å². The summed E-state index contributed by atoms with van der Waals surface area (Å²) in [7, 11) is 3.41. The Morgan fingerprint density at radius 1 is 1.06 bits per heavy atom. The predicted octanol–water partition coefficient (Wildman–Crippen LogP) is 1.84. The maximum atomic E-state index is 5.65. The molecule has 4 nitrogen and oxygen atoms in total. The maximum absolute atomic E-state index is 5.65. The van der Waals surface area contributed by atoms with Crippen molar-refractivity contribution in [1.82, 2.24) is 5.32 Å². The topological polar surface area (TPSA) is 39.7 Å². The first-order valence-corrected chi connectivity index (χ1v) is 6.27. The lowest BCUT2D eigenvalue weighted by molar-refractivity contribution is 0.184. The van der Waals surface area contributed by atoms with E-state index >= 15 is 0 Å². The van der Waals surface area contributed by atoms with Gasteiger partial charge in [0.15, 0.2) is 0 Å². The molecule has 0 amide bonds. The molecular formula is C14H23NO3. The molecule has 1 aromatic rings. The zero-order valence-corrected chi connectivity index (χ0v) is 11.3. The van der Waals surface area contributed by atoms with Crippen LogP contribution in [0.15, 0.2) is 24.3 Å². The third kappa shape index (κ3) is 6.59. The van der Waals surface area contributed by atoms with E-state index in [2.05, 4.69) is 5.32 Å². The Hall–Kier alpha value is -1.10. The summed E-state index contributed by atoms with van der Waals surface area (Å²) in [5, 5.41) is 3.30. The zero-order chi connectivity index (χ0) is 13.1. The number of benzene rings is 1.